The van der Waals surface area contributed by atoms with Crippen molar-refractivity contribution in [3.63, 3.8) is 0 Å². The number of nitrogens with zero attached hydrogens (tertiary/aromatic N) is 1. The van der Waals surface area contributed by atoms with Gasteiger partial charge >= 0.3 is 0 Å². The van der Waals surface area contributed by atoms with Gasteiger partial charge in [-0.3, -0.25) is 9.59 Å². The first kappa shape index (κ1) is 15.2. The van der Waals surface area contributed by atoms with Crippen molar-refractivity contribution in [1.29, 1.82) is 0 Å². The smallest absolute Gasteiger partial charge is 0.251 e. The number of nitrogen functional groups attached to an aromatic ring is 1. The van der Waals surface area contributed by atoms with E-state index in [1.165, 1.54) is 7.11 Å². The van der Waals surface area contributed by atoms with E-state index in [1.54, 1.807) is 30.0 Å². The highest BCUT2D eigenvalue weighted by Crippen LogP contribution is 2.21. The summed E-state index contributed by atoms with van der Waals surface area (Å²) in [5.74, 6) is 0.166. The molecule has 1 unspecified atom stereocenters. The first-order chi connectivity index (χ1) is 10.0. The highest BCUT2D eigenvalue weighted by molar-refractivity contribution is 5.98. The molecule has 0 bridgehead atoms. The van der Waals surface area contributed by atoms with Crippen molar-refractivity contribution < 1.29 is 14.3 Å². The second-order valence-corrected chi connectivity index (χ2v) is 5.18. The minimum atomic E-state index is -0.543. The Labute approximate surface area is 124 Å². The molecule has 21 heavy (non-hydrogen) atoms. The Morgan fingerprint density at radius 1 is 1.33 bits per heavy atom. The molecule has 1 aromatic rings. The van der Waals surface area contributed by atoms with Crippen molar-refractivity contribution in [1.82, 2.24) is 10.2 Å². The fraction of sp³-hybridized carbons (Fsp3) is 0.467. The van der Waals surface area contributed by atoms with Gasteiger partial charge in [-0.05, 0) is 38.0 Å². The van der Waals surface area contributed by atoms with Crippen LogP contribution in [0.1, 0.15) is 30.1 Å². The van der Waals surface area contributed by atoms with Gasteiger partial charge in [-0.25, -0.2) is 0 Å². The third-order valence-corrected chi connectivity index (χ3v) is 3.63. The van der Waals surface area contributed by atoms with E-state index in [0.29, 0.717) is 17.0 Å². The zero-order chi connectivity index (χ0) is 15.4. The van der Waals surface area contributed by atoms with Gasteiger partial charge in [0, 0.05) is 18.7 Å². The van der Waals surface area contributed by atoms with Gasteiger partial charge in [0.2, 0.25) is 5.91 Å². The van der Waals surface area contributed by atoms with Crippen LogP contribution in [0.15, 0.2) is 18.2 Å². The van der Waals surface area contributed by atoms with Gasteiger partial charge in [-0.15, -0.1) is 0 Å². The van der Waals surface area contributed by atoms with Gasteiger partial charge in [-0.2, -0.15) is 0 Å². The van der Waals surface area contributed by atoms with Crippen LogP contribution in [0.4, 0.5) is 5.69 Å². The van der Waals surface area contributed by atoms with E-state index in [2.05, 4.69) is 5.32 Å². The summed E-state index contributed by atoms with van der Waals surface area (Å²) in [5.41, 5.74) is 6.58. The lowest BCUT2D eigenvalue weighted by Gasteiger charge is -2.21. The van der Waals surface area contributed by atoms with Gasteiger partial charge in [-0.1, -0.05) is 0 Å². The molecule has 1 saturated heterocycles. The molecule has 1 fully saturated rings. The topological polar surface area (TPSA) is 84.7 Å². The van der Waals surface area contributed by atoms with Crippen LogP contribution in [0.5, 0.6) is 5.75 Å². The van der Waals surface area contributed by atoms with Crippen LogP contribution >= 0.6 is 0 Å². The number of benzene rings is 1. The van der Waals surface area contributed by atoms with E-state index in [1.807, 2.05) is 0 Å². The summed E-state index contributed by atoms with van der Waals surface area (Å²) in [6, 6.07) is 4.26. The van der Waals surface area contributed by atoms with Crippen LogP contribution in [-0.2, 0) is 4.79 Å². The maximum absolute atomic E-state index is 12.1. The number of ether oxygens (including phenoxy) is 1. The number of hydrogen-bond donors (Lipinski definition) is 2. The molecule has 1 aromatic carbocycles. The average molecular weight is 291 g/mol. The summed E-state index contributed by atoms with van der Waals surface area (Å²) in [7, 11) is 1.52. The molecule has 0 spiro atoms. The summed E-state index contributed by atoms with van der Waals surface area (Å²) in [6.07, 6.45) is 2.06. The zero-order valence-corrected chi connectivity index (χ0v) is 12.4. The van der Waals surface area contributed by atoms with Gasteiger partial charge in [0.05, 0.1) is 12.8 Å². The monoisotopic (exact) mass is 291 g/mol. The second kappa shape index (κ2) is 6.47. The molecule has 6 nitrogen and oxygen atoms in total. The summed E-state index contributed by atoms with van der Waals surface area (Å²) < 4.78 is 5.05. The van der Waals surface area contributed by atoms with Crippen molar-refractivity contribution in [2.45, 2.75) is 25.8 Å². The predicted octanol–water partition coefficient (Wildman–Crippen LogP) is 1.02. The number of hydrogen-bond acceptors (Lipinski definition) is 4. The van der Waals surface area contributed by atoms with Crippen LogP contribution in [0.25, 0.3) is 0 Å². The maximum Gasteiger partial charge on any atom is 0.251 e. The Kier molecular flexibility index (Phi) is 4.67. The Hall–Kier alpha value is -2.24. The van der Waals surface area contributed by atoms with Crippen LogP contribution in [0.3, 0.4) is 0 Å². The van der Waals surface area contributed by atoms with E-state index in [4.69, 9.17) is 10.5 Å². The van der Waals surface area contributed by atoms with Crippen molar-refractivity contribution in [3.8, 4) is 5.75 Å². The molecule has 1 aliphatic rings. The number of amides is 2. The third-order valence-electron chi connectivity index (χ3n) is 3.63. The van der Waals surface area contributed by atoms with E-state index in [9.17, 15) is 9.59 Å². The first-order valence-corrected chi connectivity index (χ1v) is 7.06. The molecule has 2 rings (SSSR count). The van der Waals surface area contributed by atoms with Crippen molar-refractivity contribution in [2.24, 2.45) is 0 Å². The summed E-state index contributed by atoms with van der Waals surface area (Å²) in [5, 5.41) is 2.71. The summed E-state index contributed by atoms with van der Waals surface area (Å²) >= 11 is 0. The van der Waals surface area contributed by atoms with Crippen LogP contribution in [-0.4, -0.2) is 43.0 Å². The molecular formula is C15H21N3O3. The van der Waals surface area contributed by atoms with Gasteiger partial charge < -0.3 is 20.7 Å². The lowest BCUT2D eigenvalue weighted by atomic mass is 10.1. The van der Waals surface area contributed by atoms with Crippen LogP contribution in [0, 0.1) is 0 Å². The third kappa shape index (κ3) is 3.45. The normalized spacial score (nSPS) is 15.6. The summed E-state index contributed by atoms with van der Waals surface area (Å²) in [6.45, 7) is 3.24. The van der Waals surface area contributed by atoms with E-state index < -0.39 is 6.04 Å². The molecule has 0 aromatic heterocycles. The standard InChI is InChI=1S/C15H21N3O3/c1-10(15(20)18-7-3-4-8-18)17-14(19)11-5-6-13(21-2)12(16)9-11/h5-6,9-10H,3-4,7-8,16H2,1-2H3,(H,17,19). The zero-order valence-electron chi connectivity index (χ0n) is 12.4. The SMILES string of the molecule is COc1ccc(C(=O)NC(C)C(=O)N2CCCC2)cc1N. The van der Waals surface area contributed by atoms with Crippen molar-refractivity contribution in [3.05, 3.63) is 23.8 Å². The molecule has 0 aliphatic carbocycles. The fourth-order valence-electron chi connectivity index (χ4n) is 2.43. The number of methoxy groups -OCH3 is 1. The van der Waals surface area contributed by atoms with E-state index in [0.717, 1.165) is 25.9 Å². The Bertz CT molecular complexity index is 539. The number of rotatable bonds is 4. The minimum absolute atomic E-state index is 0.0395. The number of carbonyl (C=O) groups is 2. The Morgan fingerprint density at radius 3 is 2.57 bits per heavy atom. The first-order valence-electron chi connectivity index (χ1n) is 7.06. The van der Waals surface area contributed by atoms with Gasteiger partial charge in [0.1, 0.15) is 11.8 Å². The number of likely N-dealkylation sites (tertiary alicyclic amines) is 1. The van der Waals surface area contributed by atoms with E-state index >= 15 is 0 Å². The molecule has 0 saturated carbocycles. The molecule has 0 radical (unpaired) electrons. The maximum atomic E-state index is 12.1. The lowest BCUT2D eigenvalue weighted by molar-refractivity contribution is -0.131. The molecule has 1 heterocycles. The Balaban J connectivity index is 2.00. The molecule has 2 amide bonds. The Morgan fingerprint density at radius 2 is 2.00 bits per heavy atom. The quantitative estimate of drug-likeness (QED) is 0.811. The van der Waals surface area contributed by atoms with Crippen LogP contribution in [0.2, 0.25) is 0 Å². The largest absolute Gasteiger partial charge is 0.495 e. The van der Waals surface area contributed by atoms with Crippen molar-refractivity contribution in [2.75, 3.05) is 25.9 Å². The van der Waals surface area contributed by atoms with Gasteiger partial charge in [0.25, 0.3) is 5.91 Å². The van der Waals surface area contributed by atoms with Crippen molar-refractivity contribution >= 4 is 17.5 Å². The molecule has 1 aliphatic heterocycles. The molecule has 114 valence electrons. The fourth-order valence-corrected chi connectivity index (χ4v) is 2.43. The average Bonchev–Trinajstić information content (AvgIpc) is 3.00. The van der Waals surface area contributed by atoms with Crippen LogP contribution < -0.4 is 15.8 Å². The number of carbonyl (C=O) groups excluding carboxylic acids is 2. The minimum Gasteiger partial charge on any atom is -0.495 e. The molecule has 3 N–H and O–H groups in total. The highest BCUT2D eigenvalue weighted by atomic mass is 16.5. The predicted molar refractivity (Wildman–Crippen MR) is 80.1 cm³/mol. The molecule has 6 heteroatoms. The molecular weight excluding hydrogens is 270 g/mol. The molecule has 1 atom stereocenters. The second-order valence-electron chi connectivity index (χ2n) is 5.18. The number of nitrogens with one attached hydrogen (secondary N) is 1. The summed E-state index contributed by atoms with van der Waals surface area (Å²) in [4.78, 5) is 26.1. The number of nitrogens with two attached hydrogens (primary N) is 1. The van der Waals surface area contributed by atoms with E-state index in [-0.39, 0.29) is 11.8 Å². The van der Waals surface area contributed by atoms with Gasteiger partial charge in [0.15, 0.2) is 0 Å². The highest BCUT2D eigenvalue weighted by Gasteiger charge is 2.24. The lowest BCUT2D eigenvalue weighted by Crippen LogP contribution is -2.45. The number of anilines is 1.